The van der Waals surface area contributed by atoms with Crippen molar-refractivity contribution < 1.29 is 27.8 Å². The highest BCUT2D eigenvalue weighted by atomic mass is 32.2. The van der Waals surface area contributed by atoms with Crippen molar-refractivity contribution in [2.45, 2.75) is 91.4 Å². The molecule has 0 aromatic heterocycles. The van der Waals surface area contributed by atoms with Crippen molar-refractivity contribution in [1.82, 2.24) is 4.31 Å². The summed E-state index contributed by atoms with van der Waals surface area (Å²) in [7, 11) is -3.82. The number of carboxylic acids is 1. The predicted octanol–water partition coefficient (Wildman–Crippen LogP) is 5.93. The van der Waals surface area contributed by atoms with Crippen molar-refractivity contribution in [2.24, 2.45) is 5.92 Å². The number of aliphatic carboxylic acids is 1. The lowest BCUT2D eigenvalue weighted by Crippen LogP contribution is -2.43. The maximum absolute atomic E-state index is 14.1. The predicted molar refractivity (Wildman–Crippen MR) is 156 cm³/mol. The van der Waals surface area contributed by atoms with Crippen LogP contribution < -0.4 is 9.04 Å². The van der Waals surface area contributed by atoms with E-state index in [1.54, 1.807) is 11.2 Å². The van der Waals surface area contributed by atoms with Crippen molar-refractivity contribution >= 4 is 21.9 Å². The van der Waals surface area contributed by atoms with Crippen molar-refractivity contribution in [2.75, 3.05) is 24.0 Å². The Morgan fingerprint density at radius 2 is 1.73 bits per heavy atom. The van der Waals surface area contributed by atoms with E-state index in [2.05, 4.69) is 0 Å². The second kappa shape index (κ2) is 10.7. The fourth-order valence-corrected chi connectivity index (χ4v) is 8.53. The van der Waals surface area contributed by atoms with Crippen LogP contribution in [0.5, 0.6) is 5.75 Å². The van der Waals surface area contributed by atoms with Crippen LogP contribution in [0.25, 0.3) is 11.1 Å². The number of nitrogens with zero attached hydrogens (tertiary/aromatic N) is 2. The van der Waals surface area contributed by atoms with E-state index in [0.29, 0.717) is 52.7 Å². The molecule has 2 aliphatic heterocycles. The van der Waals surface area contributed by atoms with Crippen molar-refractivity contribution in [3.05, 3.63) is 46.5 Å². The van der Waals surface area contributed by atoms with Crippen molar-refractivity contribution in [3.63, 3.8) is 0 Å². The van der Waals surface area contributed by atoms with Gasteiger partial charge in [0, 0.05) is 24.2 Å². The Balaban J connectivity index is 1.69. The van der Waals surface area contributed by atoms with Gasteiger partial charge >= 0.3 is 16.2 Å². The highest BCUT2D eigenvalue weighted by Crippen LogP contribution is 2.51. The molecule has 5 rings (SSSR count). The minimum absolute atomic E-state index is 0.251. The summed E-state index contributed by atoms with van der Waals surface area (Å²) in [4.78, 5) is 12.8. The lowest BCUT2D eigenvalue weighted by atomic mass is 9.86. The molecule has 1 aliphatic carbocycles. The second-order valence-corrected chi connectivity index (χ2v) is 14.4. The van der Waals surface area contributed by atoms with Gasteiger partial charge in [-0.3, -0.25) is 0 Å². The van der Waals surface area contributed by atoms with E-state index in [4.69, 9.17) is 9.47 Å². The number of carboxylic acid groups (broad SMARTS) is 1. The van der Waals surface area contributed by atoms with Gasteiger partial charge in [0.1, 0.15) is 12.4 Å². The summed E-state index contributed by atoms with van der Waals surface area (Å²) in [5.74, 6) is -0.262. The number of carbonyl (C=O) groups is 1. The van der Waals surface area contributed by atoms with Crippen LogP contribution >= 0.6 is 0 Å². The molecule has 1 N–H and O–H groups in total. The van der Waals surface area contributed by atoms with Gasteiger partial charge in [-0.05, 0) is 77.0 Å². The second-order valence-electron chi connectivity index (χ2n) is 12.6. The average Bonchev–Trinajstić information content (AvgIpc) is 3.14. The smallest absolute Gasteiger partial charge is 0.337 e. The Morgan fingerprint density at radius 1 is 1.07 bits per heavy atom. The Labute approximate surface area is 238 Å². The average molecular weight is 571 g/mol. The minimum Gasteiger partial charge on any atom is -0.489 e. The maximum atomic E-state index is 14.1. The van der Waals surface area contributed by atoms with Gasteiger partial charge in [-0.2, -0.15) is 12.7 Å². The molecule has 40 heavy (non-hydrogen) atoms. The van der Waals surface area contributed by atoms with Crippen molar-refractivity contribution in [3.8, 4) is 16.9 Å². The highest BCUT2D eigenvalue weighted by Gasteiger charge is 2.50. The fraction of sp³-hybridized carbons (Fsp3) is 0.581. The molecule has 0 bridgehead atoms. The van der Waals surface area contributed by atoms with Crippen LogP contribution in [0.1, 0.15) is 81.2 Å². The molecular formula is C31H42N2O6S. The zero-order valence-corrected chi connectivity index (χ0v) is 25.3. The molecule has 8 nitrogen and oxygen atoms in total. The first-order chi connectivity index (χ1) is 18.8. The number of hydrogen-bond acceptors (Lipinski definition) is 5. The van der Waals surface area contributed by atoms with E-state index < -0.39 is 27.9 Å². The highest BCUT2D eigenvalue weighted by molar-refractivity contribution is 7.90. The maximum Gasteiger partial charge on any atom is 0.337 e. The number of aryl methyl sites for hydroxylation is 1. The van der Waals surface area contributed by atoms with Crippen LogP contribution in [0.2, 0.25) is 0 Å². The van der Waals surface area contributed by atoms with Crippen molar-refractivity contribution in [1.29, 1.82) is 0 Å². The van der Waals surface area contributed by atoms with Gasteiger partial charge in [-0.25, -0.2) is 9.10 Å². The molecule has 9 heteroatoms. The Hall–Kier alpha value is -2.62. The summed E-state index contributed by atoms with van der Waals surface area (Å²) < 4.78 is 43.9. The van der Waals surface area contributed by atoms with E-state index in [9.17, 15) is 18.3 Å². The number of ether oxygens (including phenoxy) is 2. The summed E-state index contributed by atoms with van der Waals surface area (Å²) in [6, 6.07) is 7.53. The van der Waals surface area contributed by atoms with E-state index in [0.717, 1.165) is 36.8 Å². The molecule has 0 spiro atoms. The van der Waals surface area contributed by atoms with Gasteiger partial charge in [-0.1, -0.05) is 49.1 Å². The fourth-order valence-electron chi connectivity index (χ4n) is 6.57. The van der Waals surface area contributed by atoms with Gasteiger partial charge in [0.25, 0.3) is 0 Å². The van der Waals surface area contributed by atoms with E-state index in [1.807, 2.05) is 58.9 Å². The normalized spacial score (nSPS) is 21.9. The van der Waals surface area contributed by atoms with E-state index >= 15 is 0 Å². The summed E-state index contributed by atoms with van der Waals surface area (Å²) in [5.41, 5.74) is 4.05. The van der Waals surface area contributed by atoms with E-state index in [-0.39, 0.29) is 12.6 Å². The summed E-state index contributed by atoms with van der Waals surface area (Å²) in [6.45, 7) is 12.3. The summed E-state index contributed by atoms with van der Waals surface area (Å²) in [6.07, 6.45) is 4.30. The lowest BCUT2D eigenvalue weighted by Gasteiger charge is -2.37. The monoisotopic (exact) mass is 570 g/mol. The lowest BCUT2D eigenvalue weighted by molar-refractivity contribution is -0.160. The molecule has 0 radical (unpaired) electrons. The third-order valence-electron chi connectivity index (χ3n) is 8.41. The molecular weight excluding hydrogens is 528 g/mol. The van der Waals surface area contributed by atoms with Crippen LogP contribution in [0.3, 0.4) is 0 Å². The molecule has 2 fully saturated rings. The molecule has 2 heterocycles. The van der Waals surface area contributed by atoms with Gasteiger partial charge < -0.3 is 14.6 Å². The van der Waals surface area contributed by atoms with E-state index in [1.165, 1.54) is 10.7 Å². The Kier molecular flexibility index (Phi) is 7.70. The Bertz CT molecular complexity index is 1390. The zero-order valence-electron chi connectivity index (χ0n) is 24.5. The molecule has 1 unspecified atom stereocenters. The van der Waals surface area contributed by atoms with Gasteiger partial charge in [0.15, 0.2) is 6.10 Å². The van der Waals surface area contributed by atoms with Crippen LogP contribution in [0.15, 0.2) is 24.3 Å². The number of benzene rings is 2. The number of rotatable bonds is 6. The van der Waals surface area contributed by atoms with Crippen LogP contribution in [0.4, 0.5) is 5.69 Å². The number of fused-ring (bicyclic) bond motifs is 3. The quantitative estimate of drug-likeness (QED) is 0.463. The SMILES string of the molecule is Cc1ccc(-c2c(C)c3c(c(C)c2[C@H](OC(C)(C)C)C(=O)O)N2C(CO3)CN(CC3CCCCC3)S2(=O)=O)cc1. The van der Waals surface area contributed by atoms with Crippen LogP contribution in [-0.2, 0) is 19.7 Å². The molecule has 2 aromatic rings. The first-order valence-corrected chi connectivity index (χ1v) is 15.8. The first kappa shape index (κ1) is 28.9. The van der Waals surface area contributed by atoms with Crippen LogP contribution in [-0.4, -0.2) is 55.1 Å². The topological polar surface area (TPSA) is 96.4 Å². The molecule has 0 amide bonds. The molecule has 1 saturated carbocycles. The van der Waals surface area contributed by atoms with Gasteiger partial charge in [-0.15, -0.1) is 0 Å². The minimum atomic E-state index is -3.82. The largest absolute Gasteiger partial charge is 0.489 e. The number of anilines is 1. The molecule has 218 valence electrons. The summed E-state index contributed by atoms with van der Waals surface area (Å²) in [5, 5.41) is 10.4. The first-order valence-electron chi connectivity index (χ1n) is 14.4. The summed E-state index contributed by atoms with van der Waals surface area (Å²) >= 11 is 0. The molecule has 1 saturated heterocycles. The molecule has 2 atom stereocenters. The van der Waals surface area contributed by atoms with Gasteiger partial charge in [0.2, 0.25) is 0 Å². The zero-order chi connectivity index (χ0) is 29.0. The third kappa shape index (κ3) is 5.23. The number of hydrogen-bond donors (Lipinski definition) is 1. The molecule has 2 aromatic carbocycles. The molecule has 3 aliphatic rings. The third-order valence-corrected chi connectivity index (χ3v) is 10.3. The van der Waals surface area contributed by atoms with Gasteiger partial charge in [0.05, 0.1) is 17.3 Å². The standard InChI is InChI=1S/C31H42N2O6S/c1-19-12-14-23(15-13-19)25-21(3)28-27(20(2)26(25)29(30(34)35)39-31(4,5)6)33-24(18-38-28)17-32(40(33,36)37)16-22-10-8-7-9-11-22/h12-15,22,24,29H,7-11,16-18H2,1-6H3,(H,34,35)/t24?,29-/m0/s1. The Morgan fingerprint density at radius 3 is 2.33 bits per heavy atom. The van der Waals surface area contributed by atoms with Crippen LogP contribution in [0, 0.1) is 26.7 Å².